The monoisotopic (exact) mass is 256 g/mol. The number of benzene rings is 1. The molecule has 76 valence electrons. The maximum absolute atomic E-state index is 11.5. The summed E-state index contributed by atoms with van der Waals surface area (Å²) >= 11 is 0.0367. The van der Waals surface area contributed by atoms with Gasteiger partial charge < -0.3 is 0 Å². The fourth-order valence-electron chi connectivity index (χ4n) is 1.19. The Hall–Kier alpha value is -0.591. The summed E-state index contributed by atoms with van der Waals surface area (Å²) in [6, 6.07) is 10.1. The van der Waals surface area contributed by atoms with Crippen LogP contribution in [0.3, 0.4) is 0 Å². The molecule has 2 heteroatoms. The van der Waals surface area contributed by atoms with Crippen LogP contribution < -0.4 is 4.46 Å². The van der Waals surface area contributed by atoms with Gasteiger partial charge in [0.2, 0.25) is 0 Å². The van der Waals surface area contributed by atoms with Gasteiger partial charge in [0, 0.05) is 0 Å². The predicted molar refractivity (Wildman–Crippen MR) is 61.0 cm³/mol. The van der Waals surface area contributed by atoms with Gasteiger partial charge in [-0.1, -0.05) is 0 Å². The van der Waals surface area contributed by atoms with Crippen molar-refractivity contribution in [1.82, 2.24) is 0 Å². The second-order valence-corrected chi connectivity index (χ2v) is 5.62. The molecule has 0 fully saturated rings. The molecule has 1 aromatic carbocycles. The van der Waals surface area contributed by atoms with E-state index >= 15 is 0 Å². The third-order valence-corrected chi connectivity index (χ3v) is 3.93. The van der Waals surface area contributed by atoms with Crippen LogP contribution in [-0.2, 0) is 4.79 Å². The molecule has 0 aromatic heterocycles. The maximum atomic E-state index is 11.5. The van der Waals surface area contributed by atoms with Crippen LogP contribution in [0.15, 0.2) is 30.3 Å². The number of unbranched alkanes of at least 4 members (excludes halogenated alkanes) is 2. The average Bonchev–Trinajstić information content (AvgIpc) is 2.20. The number of hydrogen-bond donors (Lipinski definition) is 0. The van der Waals surface area contributed by atoms with Gasteiger partial charge >= 0.3 is 91.8 Å². The van der Waals surface area contributed by atoms with Crippen LogP contribution in [0.25, 0.3) is 0 Å². The Balaban J connectivity index is 2.27. The van der Waals surface area contributed by atoms with E-state index in [2.05, 4.69) is 6.92 Å². The van der Waals surface area contributed by atoms with E-state index in [0.29, 0.717) is 4.68 Å². The summed E-state index contributed by atoms with van der Waals surface area (Å²) in [5.41, 5.74) is 0. The molecule has 1 aromatic rings. The third-order valence-electron chi connectivity index (χ3n) is 1.96. The van der Waals surface area contributed by atoms with Crippen molar-refractivity contribution in [2.75, 3.05) is 0 Å². The Bertz CT molecular complexity index is 269. The minimum atomic E-state index is 0.0367. The van der Waals surface area contributed by atoms with E-state index in [4.69, 9.17) is 0 Å². The molecule has 0 amide bonds. The first-order chi connectivity index (χ1) is 6.83. The zero-order valence-electron chi connectivity index (χ0n) is 8.53. The number of rotatable bonds is 6. The van der Waals surface area contributed by atoms with Gasteiger partial charge in [0.05, 0.1) is 0 Å². The van der Waals surface area contributed by atoms with Crippen LogP contribution in [0.4, 0.5) is 0 Å². The first-order valence-corrected chi connectivity index (χ1v) is 6.80. The van der Waals surface area contributed by atoms with Crippen molar-refractivity contribution in [3.63, 3.8) is 0 Å². The van der Waals surface area contributed by atoms with Gasteiger partial charge in [-0.25, -0.2) is 0 Å². The molecule has 0 saturated carbocycles. The van der Waals surface area contributed by atoms with Crippen molar-refractivity contribution in [3.05, 3.63) is 30.3 Å². The second-order valence-electron chi connectivity index (χ2n) is 3.24. The van der Waals surface area contributed by atoms with E-state index in [1.807, 2.05) is 30.3 Å². The summed E-state index contributed by atoms with van der Waals surface area (Å²) in [5, 5.41) is 0. The van der Waals surface area contributed by atoms with Gasteiger partial charge in [0.1, 0.15) is 0 Å². The van der Waals surface area contributed by atoms with E-state index in [1.165, 1.54) is 17.3 Å². The first kappa shape index (κ1) is 11.5. The van der Waals surface area contributed by atoms with Crippen molar-refractivity contribution >= 4 is 24.1 Å². The normalized spacial score (nSPS) is 10.1. The molecule has 0 saturated heterocycles. The van der Waals surface area contributed by atoms with Gasteiger partial charge in [-0.15, -0.1) is 0 Å². The standard InChI is InChI=1S/C12H16OSe/c1-2-3-5-10-12(13)14-11-8-6-4-7-9-11/h4,6-9H,2-3,5,10H2,1H3. The van der Waals surface area contributed by atoms with Crippen LogP contribution >= 0.6 is 0 Å². The van der Waals surface area contributed by atoms with E-state index in [-0.39, 0.29) is 15.0 Å². The molecule has 0 atom stereocenters. The van der Waals surface area contributed by atoms with Crippen LogP contribution in [0, 0.1) is 0 Å². The summed E-state index contributed by atoms with van der Waals surface area (Å²) in [4.78, 5) is 11.5. The van der Waals surface area contributed by atoms with Gasteiger partial charge in [0.25, 0.3) is 0 Å². The fourth-order valence-corrected chi connectivity index (χ4v) is 2.87. The van der Waals surface area contributed by atoms with Crippen LogP contribution in [-0.4, -0.2) is 19.6 Å². The van der Waals surface area contributed by atoms with E-state index in [9.17, 15) is 4.79 Å². The summed E-state index contributed by atoms with van der Waals surface area (Å²) in [7, 11) is 0. The Morgan fingerprint density at radius 1 is 1.21 bits per heavy atom. The van der Waals surface area contributed by atoms with Gasteiger partial charge in [-0.05, 0) is 0 Å². The molecule has 0 heterocycles. The van der Waals surface area contributed by atoms with E-state index in [1.54, 1.807) is 0 Å². The van der Waals surface area contributed by atoms with Crippen molar-refractivity contribution in [2.45, 2.75) is 32.6 Å². The average molecular weight is 255 g/mol. The molecular weight excluding hydrogens is 239 g/mol. The summed E-state index contributed by atoms with van der Waals surface area (Å²) in [6.45, 7) is 2.16. The van der Waals surface area contributed by atoms with Crippen LogP contribution in [0.1, 0.15) is 32.6 Å². The Kier molecular flexibility index (Phi) is 5.58. The summed E-state index contributed by atoms with van der Waals surface area (Å²) in [6.07, 6.45) is 4.19. The number of hydrogen-bond acceptors (Lipinski definition) is 1. The number of carbonyl (C=O) groups excluding carboxylic acids is 1. The van der Waals surface area contributed by atoms with E-state index < -0.39 is 0 Å². The van der Waals surface area contributed by atoms with Crippen LogP contribution in [0.5, 0.6) is 0 Å². The zero-order valence-corrected chi connectivity index (χ0v) is 10.2. The topological polar surface area (TPSA) is 17.1 Å². The molecule has 0 aliphatic rings. The fraction of sp³-hybridized carbons (Fsp3) is 0.417. The van der Waals surface area contributed by atoms with Crippen molar-refractivity contribution in [3.8, 4) is 0 Å². The summed E-state index contributed by atoms with van der Waals surface area (Å²) in [5.74, 6) is 0. The van der Waals surface area contributed by atoms with Gasteiger partial charge in [0.15, 0.2) is 0 Å². The van der Waals surface area contributed by atoms with Crippen LogP contribution in [0.2, 0.25) is 0 Å². The van der Waals surface area contributed by atoms with E-state index in [0.717, 1.165) is 12.8 Å². The third kappa shape index (κ3) is 4.59. The van der Waals surface area contributed by atoms with Crippen molar-refractivity contribution < 1.29 is 4.79 Å². The van der Waals surface area contributed by atoms with Gasteiger partial charge in [-0.3, -0.25) is 0 Å². The zero-order chi connectivity index (χ0) is 10.2. The van der Waals surface area contributed by atoms with Crippen molar-refractivity contribution in [2.24, 2.45) is 0 Å². The molecule has 0 N–H and O–H groups in total. The van der Waals surface area contributed by atoms with Gasteiger partial charge in [-0.2, -0.15) is 0 Å². The second kappa shape index (κ2) is 6.80. The molecule has 1 nitrogen and oxygen atoms in total. The first-order valence-electron chi connectivity index (χ1n) is 5.08. The Labute approximate surface area is 92.1 Å². The summed E-state index contributed by atoms with van der Waals surface area (Å²) < 4.78 is 1.62. The molecule has 0 spiro atoms. The molecular formula is C12H16OSe. The van der Waals surface area contributed by atoms with Crippen molar-refractivity contribution in [1.29, 1.82) is 0 Å². The Morgan fingerprint density at radius 2 is 1.93 bits per heavy atom. The number of carbonyl (C=O) groups is 1. The minimum absolute atomic E-state index is 0.0367. The molecule has 0 bridgehead atoms. The molecule has 0 aliphatic heterocycles. The Morgan fingerprint density at radius 3 is 2.57 bits per heavy atom. The molecule has 0 aliphatic carbocycles. The molecule has 1 rings (SSSR count). The molecule has 14 heavy (non-hydrogen) atoms. The molecule has 0 unspecified atom stereocenters. The SMILES string of the molecule is CCCCCC(=O)[Se]c1ccccc1. The quantitative estimate of drug-likeness (QED) is 0.562. The predicted octanol–water partition coefficient (Wildman–Crippen LogP) is 2.12. The molecule has 0 radical (unpaired) electrons.